The molecule has 0 unspecified atom stereocenters. The van der Waals surface area contributed by atoms with Gasteiger partial charge in [0.25, 0.3) is 10.0 Å². The van der Waals surface area contributed by atoms with Crippen LogP contribution < -0.4 is 4.72 Å². The van der Waals surface area contributed by atoms with Crippen LogP contribution in [0.15, 0.2) is 57.1 Å². The molecule has 2 rings (SSSR count). The van der Waals surface area contributed by atoms with Crippen molar-refractivity contribution in [2.75, 3.05) is 0 Å². The highest BCUT2D eigenvalue weighted by molar-refractivity contribution is 7.90. The minimum Gasteiger partial charge on any atom is -0.508 e. The normalized spacial score (nSPS) is 11.9. The first kappa shape index (κ1) is 28.2. The van der Waals surface area contributed by atoms with Crippen LogP contribution in [0.3, 0.4) is 0 Å². The Bertz CT molecular complexity index is 1160. The van der Waals surface area contributed by atoms with Gasteiger partial charge in [-0.05, 0) is 76.6 Å². The SMILES string of the molecule is CCCCCc1cc(O)c(C/C=C(\C)CCC=C(C)C)c(O)c1S(=O)(=O)NC(=O)Cc1ccco1. The summed E-state index contributed by atoms with van der Waals surface area (Å²) in [5, 5.41) is 21.7. The molecular formula is C27H37NO6S. The molecule has 1 aromatic heterocycles. The number of aromatic hydroxyl groups is 2. The number of benzene rings is 1. The quantitative estimate of drug-likeness (QED) is 0.238. The molecule has 0 aliphatic carbocycles. The highest BCUT2D eigenvalue weighted by Crippen LogP contribution is 2.38. The Hall–Kier alpha value is -3.00. The molecule has 0 saturated heterocycles. The molecule has 1 heterocycles. The van der Waals surface area contributed by atoms with Crippen LogP contribution in [0.25, 0.3) is 0 Å². The lowest BCUT2D eigenvalue weighted by Crippen LogP contribution is -2.32. The molecule has 0 bridgehead atoms. The molecule has 0 fully saturated rings. The van der Waals surface area contributed by atoms with E-state index in [1.54, 1.807) is 12.1 Å². The molecule has 8 heteroatoms. The van der Waals surface area contributed by atoms with Crippen LogP contribution in [0, 0.1) is 0 Å². The van der Waals surface area contributed by atoms with Crippen molar-refractivity contribution in [2.45, 2.75) is 84.0 Å². The van der Waals surface area contributed by atoms with E-state index in [2.05, 4.69) is 6.08 Å². The van der Waals surface area contributed by atoms with Gasteiger partial charge in [0.05, 0.1) is 12.7 Å². The van der Waals surface area contributed by atoms with E-state index in [0.717, 1.165) is 31.3 Å². The summed E-state index contributed by atoms with van der Waals surface area (Å²) in [5.74, 6) is -1.14. The first-order valence-corrected chi connectivity index (χ1v) is 13.5. The van der Waals surface area contributed by atoms with E-state index in [1.807, 2.05) is 38.5 Å². The summed E-state index contributed by atoms with van der Waals surface area (Å²) in [4.78, 5) is 12.0. The van der Waals surface area contributed by atoms with E-state index < -0.39 is 21.7 Å². The number of furan rings is 1. The number of hydrogen-bond donors (Lipinski definition) is 3. The number of phenols is 2. The number of allylic oxidation sites excluding steroid dienone is 4. The number of nitrogens with one attached hydrogen (secondary N) is 1. The number of rotatable bonds is 13. The summed E-state index contributed by atoms with van der Waals surface area (Å²) in [5.41, 5.74) is 2.68. The number of amides is 1. The standard InChI is InChI=1S/C27H37NO6S/c1-5-6-7-12-21-17-24(29)23(15-14-20(4)11-8-10-19(2)3)26(31)27(21)35(32,33)28-25(30)18-22-13-9-16-34-22/h9-10,13-14,16-17,29,31H,5-8,11-12,15,18H2,1-4H3,(H,28,30)/b20-14+. The van der Waals surface area contributed by atoms with Gasteiger partial charge in [0, 0.05) is 5.56 Å². The number of unbranched alkanes of at least 4 members (excludes halogenated alkanes) is 2. The molecule has 0 radical (unpaired) electrons. The molecule has 0 aliphatic rings. The minimum absolute atomic E-state index is 0.115. The predicted octanol–water partition coefficient (Wildman–Crippen LogP) is 5.71. The molecule has 3 N–H and O–H groups in total. The highest BCUT2D eigenvalue weighted by atomic mass is 32.2. The van der Waals surface area contributed by atoms with Crippen LogP contribution in [0.1, 0.15) is 76.7 Å². The van der Waals surface area contributed by atoms with Gasteiger partial charge in [-0.1, -0.05) is 43.1 Å². The Morgan fingerprint density at radius 1 is 1.14 bits per heavy atom. The Labute approximate surface area is 208 Å². The van der Waals surface area contributed by atoms with Crippen molar-refractivity contribution in [3.05, 3.63) is 64.6 Å². The first-order chi connectivity index (χ1) is 16.5. The average molecular weight is 504 g/mol. The Balaban J connectivity index is 2.38. The molecule has 1 amide bonds. The van der Waals surface area contributed by atoms with Crippen molar-refractivity contribution in [1.82, 2.24) is 4.72 Å². The molecule has 35 heavy (non-hydrogen) atoms. The van der Waals surface area contributed by atoms with Crippen molar-refractivity contribution in [2.24, 2.45) is 0 Å². The van der Waals surface area contributed by atoms with Gasteiger partial charge in [0.1, 0.15) is 22.2 Å². The third-order valence-corrected chi connectivity index (χ3v) is 7.13. The lowest BCUT2D eigenvalue weighted by molar-refractivity contribution is -0.118. The lowest BCUT2D eigenvalue weighted by Gasteiger charge is -2.17. The molecule has 7 nitrogen and oxygen atoms in total. The highest BCUT2D eigenvalue weighted by Gasteiger charge is 2.29. The smallest absolute Gasteiger partial charge is 0.268 e. The van der Waals surface area contributed by atoms with Crippen LogP contribution in [0.2, 0.25) is 0 Å². The van der Waals surface area contributed by atoms with Gasteiger partial charge >= 0.3 is 0 Å². The number of carbonyl (C=O) groups excluding carboxylic acids is 1. The summed E-state index contributed by atoms with van der Waals surface area (Å²) in [6, 6.07) is 4.57. The number of phenolic OH excluding ortho intramolecular Hbond substituents is 2. The van der Waals surface area contributed by atoms with Gasteiger partial charge in [-0.3, -0.25) is 4.79 Å². The molecule has 0 atom stereocenters. The van der Waals surface area contributed by atoms with Crippen molar-refractivity contribution in [1.29, 1.82) is 0 Å². The predicted molar refractivity (Wildman–Crippen MR) is 137 cm³/mol. The summed E-state index contributed by atoms with van der Waals surface area (Å²) >= 11 is 0. The van der Waals surface area contributed by atoms with Crippen molar-refractivity contribution >= 4 is 15.9 Å². The monoisotopic (exact) mass is 503 g/mol. The van der Waals surface area contributed by atoms with Crippen LogP contribution in [-0.2, 0) is 34.1 Å². The zero-order valence-electron chi connectivity index (χ0n) is 21.1. The first-order valence-electron chi connectivity index (χ1n) is 12.0. The summed E-state index contributed by atoms with van der Waals surface area (Å²) < 4.78 is 33.6. The molecule has 2 aromatic rings. The largest absolute Gasteiger partial charge is 0.508 e. The fourth-order valence-corrected chi connectivity index (χ4v) is 5.11. The molecule has 1 aromatic carbocycles. The molecule has 0 spiro atoms. The lowest BCUT2D eigenvalue weighted by atomic mass is 10.00. The van der Waals surface area contributed by atoms with Crippen LogP contribution in [0.4, 0.5) is 0 Å². The van der Waals surface area contributed by atoms with Crippen molar-refractivity contribution in [3.8, 4) is 11.5 Å². The van der Waals surface area contributed by atoms with Gasteiger partial charge < -0.3 is 14.6 Å². The maximum absolute atomic E-state index is 13.2. The van der Waals surface area contributed by atoms with E-state index in [9.17, 15) is 23.4 Å². The maximum Gasteiger partial charge on any atom is 0.268 e. The fourth-order valence-electron chi connectivity index (χ4n) is 3.76. The number of carbonyl (C=O) groups is 1. The van der Waals surface area contributed by atoms with Gasteiger partial charge in [-0.2, -0.15) is 0 Å². The number of hydrogen-bond acceptors (Lipinski definition) is 6. The van der Waals surface area contributed by atoms with E-state index in [1.165, 1.54) is 17.9 Å². The zero-order valence-corrected chi connectivity index (χ0v) is 21.9. The van der Waals surface area contributed by atoms with Gasteiger partial charge in [-0.15, -0.1) is 0 Å². The van der Waals surface area contributed by atoms with E-state index >= 15 is 0 Å². The van der Waals surface area contributed by atoms with Gasteiger partial charge in [-0.25, -0.2) is 13.1 Å². The van der Waals surface area contributed by atoms with Crippen LogP contribution >= 0.6 is 0 Å². The zero-order chi connectivity index (χ0) is 26.0. The number of aryl methyl sites for hydroxylation is 1. The Kier molecular flexibility index (Phi) is 10.6. The van der Waals surface area contributed by atoms with E-state index in [0.29, 0.717) is 18.6 Å². The topological polar surface area (TPSA) is 117 Å². The van der Waals surface area contributed by atoms with Gasteiger partial charge in [0.15, 0.2) is 0 Å². The molecule has 0 saturated carbocycles. The van der Waals surface area contributed by atoms with E-state index in [-0.39, 0.29) is 34.6 Å². The summed E-state index contributed by atoms with van der Waals surface area (Å²) in [7, 11) is -4.39. The number of sulfonamides is 1. The third-order valence-electron chi connectivity index (χ3n) is 5.64. The second kappa shape index (κ2) is 13.2. The Morgan fingerprint density at radius 3 is 2.51 bits per heavy atom. The molecule has 192 valence electrons. The van der Waals surface area contributed by atoms with Crippen molar-refractivity contribution < 1.29 is 27.8 Å². The van der Waals surface area contributed by atoms with Crippen molar-refractivity contribution in [3.63, 3.8) is 0 Å². The summed E-state index contributed by atoms with van der Waals surface area (Å²) in [6.45, 7) is 8.05. The molecule has 0 aliphatic heterocycles. The fraction of sp³-hybridized carbons (Fsp3) is 0.444. The third kappa shape index (κ3) is 8.62. The van der Waals surface area contributed by atoms with Crippen LogP contribution in [0.5, 0.6) is 11.5 Å². The second-order valence-electron chi connectivity index (χ2n) is 9.03. The van der Waals surface area contributed by atoms with Gasteiger partial charge in [0.2, 0.25) is 5.91 Å². The summed E-state index contributed by atoms with van der Waals surface area (Å²) in [6.07, 6.45) is 9.82. The molecular weight excluding hydrogens is 466 g/mol. The Morgan fingerprint density at radius 2 is 1.89 bits per heavy atom. The second-order valence-corrected chi connectivity index (χ2v) is 10.6. The van der Waals surface area contributed by atoms with E-state index in [4.69, 9.17) is 4.42 Å². The van der Waals surface area contributed by atoms with Crippen LogP contribution in [-0.4, -0.2) is 24.5 Å². The minimum atomic E-state index is -4.39. The average Bonchev–Trinajstić information content (AvgIpc) is 3.25. The maximum atomic E-state index is 13.2.